The lowest BCUT2D eigenvalue weighted by Crippen LogP contribution is -2.18. The molecule has 0 aliphatic carbocycles. The molecule has 12 heteroatoms. The van der Waals surface area contributed by atoms with Crippen molar-refractivity contribution in [1.29, 1.82) is 0 Å². The monoisotopic (exact) mass is 470 g/mol. The van der Waals surface area contributed by atoms with E-state index in [4.69, 9.17) is 21.1 Å². The van der Waals surface area contributed by atoms with Gasteiger partial charge >= 0.3 is 6.18 Å². The molecule has 0 aliphatic heterocycles. The molecule has 1 atom stereocenters. The van der Waals surface area contributed by atoms with Gasteiger partial charge in [0.15, 0.2) is 0 Å². The van der Waals surface area contributed by atoms with Crippen LogP contribution in [0.4, 0.5) is 24.5 Å². The largest absolute Gasteiger partial charge is 0.497 e. The molecule has 8 nitrogen and oxygen atoms in total. The van der Waals surface area contributed by atoms with Gasteiger partial charge in [-0.3, -0.25) is 10.1 Å². The quantitative estimate of drug-likeness (QED) is 0.376. The van der Waals surface area contributed by atoms with Crippen LogP contribution in [0.15, 0.2) is 42.7 Å². The first-order chi connectivity index (χ1) is 15.0. The van der Waals surface area contributed by atoms with Crippen molar-refractivity contribution in [2.75, 3.05) is 19.5 Å². The Morgan fingerprint density at radius 3 is 2.25 bits per heavy atom. The predicted octanol–water partition coefficient (Wildman–Crippen LogP) is 5.22. The number of methoxy groups -OCH3 is 2. The minimum atomic E-state index is -4.85. The lowest BCUT2D eigenvalue weighted by atomic mass is 10.0. The molecule has 0 fully saturated rings. The molecule has 0 unspecified atom stereocenters. The topological polar surface area (TPSA) is 91.4 Å². The van der Waals surface area contributed by atoms with Crippen LogP contribution in [0.25, 0.3) is 0 Å². The molecule has 32 heavy (non-hydrogen) atoms. The van der Waals surface area contributed by atoms with Gasteiger partial charge in [0, 0.05) is 31.6 Å². The number of aryl methyl sites for hydroxylation is 1. The second kappa shape index (κ2) is 8.95. The van der Waals surface area contributed by atoms with Crippen LogP contribution in [0.2, 0.25) is 5.02 Å². The minimum absolute atomic E-state index is 0.206. The molecule has 0 amide bonds. The zero-order valence-electron chi connectivity index (χ0n) is 17.1. The fourth-order valence-corrected chi connectivity index (χ4v) is 3.42. The SMILES string of the molecule is COc1cc(OC)cc([C@H](Nc2cc(Cl)c(C(F)(F)F)cc2[N+](=O)[O-])c2nccn2C)c1. The maximum atomic E-state index is 13.2. The van der Waals surface area contributed by atoms with Crippen LogP contribution in [0.1, 0.15) is 23.0 Å². The standard InChI is InChI=1S/C20H18ClF3N4O4/c1-27-5-4-25-19(27)18(11-6-12(31-2)8-13(7-11)32-3)26-16-10-15(21)14(20(22,23)24)9-17(16)28(29)30/h4-10,18,26H,1-3H3/t18-/m0/s1. The fraction of sp³-hybridized carbons (Fsp3) is 0.250. The molecule has 3 aromatic rings. The van der Waals surface area contributed by atoms with Crippen LogP contribution in [-0.4, -0.2) is 28.7 Å². The van der Waals surface area contributed by atoms with Crippen molar-refractivity contribution in [2.24, 2.45) is 7.05 Å². The Balaban J connectivity index is 2.18. The van der Waals surface area contributed by atoms with Gasteiger partial charge in [-0.25, -0.2) is 4.98 Å². The second-order valence-corrected chi connectivity index (χ2v) is 7.13. The Kier molecular flexibility index (Phi) is 6.49. The molecule has 0 saturated carbocycles. The summed E-state index contributed by atoms with van der Waals surface area (Å²) in [7, 11) is 4.63. The molecular weight excluding hydrogens is 453 g/mol. The van der Waals surface area contributed by atoms with E-state index in [1.165, 1.54) is 20.4 Å². The number of nitrogens with zero attached hydrogens (tertiary/aromatic N) is 3. The Hall–Kier alpha value is -3.47. The van der Waals surface area contributed by atoms with E-state index in [2.05, 4.69) is 10.3 Å². The van der Waals surface area contributed by atoms with E-state index in [1.807, 2.05) is 0 Å². The molecule has 1 heterocycles. The van der Waals surface area contributed by atoms with Gasteiger partial charge in [-0.05, 0) is 23.8 Å². The third-order valence-corrected chi connectivity index (χ3v) is 5.02. The number of anilines is 1. The summed E-state index contributed by atoms with van der Waals surface area (Å²) in [5, 5.41) is 13.8. The third-order valence-electron chi connectivity index (χ3n) is 4.71. The van der Waals surface area contributed by atoms with Crippen molar-refractivity contribution in [1.82, 2.24) is 9.55 Å². The van der Waals surface area contributed by atoms with Crippen molar-refractivity contribution < 1.29 is 27.6 Å². The molecule has 2 aromatic carbocycles. The number of halogens is 4. The van der Waals surface area contributed by atoms with Crippen molar-refractivity contribution in [3.63, 3.8) is 0 Å². The first kappa shape index (κ1) is 23.2. The molecular formula is C20H18ClF3N4O4. The van der Waals surface area contributed by atoms with Crippen LogP contribution < -0.4 is 14.8 Å². The van der Waals surface area contributed by atoms with E-state index in [-0.39, 0.29) is 5.69 Å². The van der Waals surface area contributed by atoms with Crippen LogP contribution in [-0.2, 0) is 13.2 Å². The van der Waals surface area contributed by atoms with Crippen LogP contribution >= 0.6 is 11.6 Å². The number of ether oxygens (including phenoxy) is 2. The molecule has 1 aromatic heterocycles. The molecule has 0 radical (unpaired) electrons. The highest BCUT2D eigenvalue weighted by atomic mass is 35.5. The molecule has 170 valence electrons. The molecule has 0 spiro atoms. The van der Waals surface area contributed by atoms with Gasteiger partial charge in [0.25, 0.3) is 5.69 Å². The number of benzene rings is 2. The van der Waals surface area contributed by atoms with Gasteiger partial charge in [-0.2, -0.15) is 13.2 Å². The average Bonchev–Trinajstić information content (AvgIpc) is 3.15. The van der Waals surface area contributed by atoms with E-state index < -0.39 is 33.4 Å². The minimum Gasteiger partial charge on any atom is -0.497 e. The fourth-order valence-electron chi connectivity index (χ4n) is 3.15. The van der Waals surface area contributed by atoms with Crippen LogP contribution in [0, 0.1) is 10.1 Å². The molecule has 3 rings (SSSR count). The van der Waals surface area contributed by atoms with Crippen molar-refractivity contribution in [2.45, 2.75) is 12.2 Å². The predicted molar refractivity (Wildman–Crippen MR) is 111 cm³/mol. The molecule has 0 aliphatic rings. The number of aromatic nitrogens is 2. The number of nitrogens with one attached hydrogen (secondary N) is 1. The maximum absolute atomic E-state index is 13.2. The summed E-state index contributed by atoms with van der Waals surface area (Å²) < 4.78 is 51.9. The first-order valence-corrected chi connectivity index (χ1v) is 9.44. The molecule has 0 saturated heterocycles. The Bertz CT molecular complexity index is 1130. The Morgan fingerprint density at radius 1 is 1.16 bits per heavy atom. The van der Waals surface area contributed by atoms with Gasteiger partial charge < -0.3 is 19.4 Å². The number of hydrogen-bond acceptors (Lipinski definition) is 6. The number of hydrogen-bond donors (Lipinski definition) is 1. The molecule has 1 N–H and O–H groups in total. The maximum Gasteiger partial charge on any atom is 0.418 e. The van der Waals surface area contributed by atoms with Crippen molar-refractivity contribution in [3.8, 4) is 11.5 Å². The number of imidazole rings is 1. The zero-order chi connectivity index (χ0) is 23.6. The summed E-state index contributed by atoms with van der Waals surface area (Å²) in [6.45, 7) is 0. The Labute approximate surface area is 185 Å². The zero-order valence-corrected chi connectivity index (χ0v) is 17.9. The second-order valence-electron chi connectivity index (χ2n) is 6.72. The summed E-state index contributed by atoms with van der Waals surface area (Å²) in [4.78, 5) is 15.0. The number of alkyl halides is 3. The number of nitro groups is 1. The van der Waals surface area contributed by atoms with Gasteiger partial charge in [-0.15, -0.1) is 0 Å². The van der Waals surface area contributed by atoms with Gasteiger partial charge in [0.05, 0.1) is 29.7 Å². The van der Waals surface area contributed by atoms with Gasteiger partial charge in [0.2, 0.25) is 0 Å². The summed E-state index contributed by atoms with van der Waals surface area (Å²) in [5.41, 5.74) is -1.74. The highest BCUT2D eigenvalue weighted by molar-refractivity contribution is 6.31. The van der Waals surface area contributed by atoms with E-state index >= 15 is 0 Å². The van der Waals surface area contributed by atoms with E-state index in [1.54, 1.807) is 36.0 Å². The van der Waals surface area contributed by atoms with Gasteiger partial charge in [-0.1, -0.05) is 11.6 Å². The van der Waals surface area contributed by atoms with Crippen molar-refractivity contribution >= 4 is 23.0 Å². The summed E-state index contributed by atoms with van der Waals surface area (Å²) in [6.07, 6.45) is -1.66. The van der Waals surface area contributed by atoms with Gasteiger partial charge in [0.1, 0.15) is 29.1 Å². The van der Waals surface area contributed by atoms with Crippen LogP contribution in [0.3, 0.4) is 0 Å². The highest BCUT2D eigenvalue weighted by Gasteiger charge is 2.36. The average molecular weight is 471 g/mol. The van der Waals surface area contributed by atoms with E-state index in [0.29, 0.717) is 29.0 Å². The smallest absolute Gasteiger partial charge is 0.418 e. The first-order valence-electron chi connectivity index (χ1n) is 9.07. The summed E-state index contributed by atoms with van der Waals surface area (Å²) in [5.74, 6) is 1.33. The van der Waals surface area contributed by atoms with E-state index in [0.717, 1.165) is 6.07 Å². The lowest BCUT2D eigenvalue weighted by molar-refractivity contribution is -0.384. The lowest BCUT2D eigenvalue weighted by Gasteiger charge is -2.22. The van der Waals surface area contributed by atoms with Crippen LogP contribution in [0.5, 0.6) is 11.5 Å². The van der Waals surface area contributed by atoms with Crippen molar-refractivity contribution in [3.05, 3.63) is 74.8 Å². The Morgan fingerprint density at radius 2 is 1.78 bits per heavy atom. The number of nitro benzene ring substituents is 1. The summed E-state index contributed by atoms with van der Waals surface area (Å²) in [6, 6.07) is 5.43. The molecule has 0 bridgehead atoms. The third kappa shape index (κ3) is 4.72. The summed E-state index contributed by atoms with van der Waals surface area (Å²) >= 11 is 5.83. The number of rotatable bonds is 7. The normalized spacial score (nSPS) is 12.3. The highest BCUT2D eigenvalue weighted by Crippen LogP contribution is 2.42. The van der Waals surface area contributed by atoms with E-state index in [9.17, 15) is 23.3 Å².